The number of carboxylic acid groups (broad SMARTS) is 1. The van der Waals surface area contributed by atoms with Crippen LogP contribution in [-0.4, -0.2) is 35.0 Å². The Morgan fingerprint density at radius 3 is 2.41 bits per heavy atom. The highest BCUT2D eigenvalue weighted by Crippen LogP contribution is 2.30. The van der Waals surface area contributed by atoms with Gasteiger partial charge in [0.1, 0.15) is 0 Å². The summed E-state index contributed by atoms with van der Waals surface area (Å²) < 4.78 is 0. The van der Waals surface area contributed by atoms with E-state index in [0.717, 1.165) is 12.8 Å². The van der Waals surface area contributed by atoms with Gasteiger partial charge in [0.25, 0.3) is 0 Å². The van der Waals surface area contributed by atoms with Crippen LogP contribution in [0.2, 0.25) is 0 Å². The molecule has 2 rings (SSSR count). The van der Waals surface area contributed by atoms with Crippen molar-refractivity contribution in [1.82, 2.24) is 4.90 Å². The van der Waals surface area contributed by atoms with Crippen LogP contribution in [0.25, 0.3) is 0 Å². The second-order valence-corrected chi connectivity index (χ2v) is 5.58. The first-order valence-corrected chi connectivity index (χ1v) is 6.58. The van der Waals surface area contributed by atoms with Crippen molar-refractivity contribution in [1.29, 1.82) is 0 Å². The zero-order valence-corrected chi connectivity index (χ0v) is 10.4. The number of rotatable bonds is 3. The van der Waals surface area contributed by atoms with Crippen LogP contribution >= 0.6 is 0 Å². The van der Waals surface area contributed by atoms with E-state index in [0.29, 0.717) is 25.4 Å². The average Bonchev–Trinajstić information content (AvgIpc) is 2.86. The Hall–Kier alpha value is -1.06. The Balaban J connectivity index is 1.86. The van der Waals surface area contributed by atoms with E-state index < -0.39 is 5.97 Å². The van der Waals surface area contributed by atoms with Crippen molar-refractivity contribution in [3.63, 3.8) is 0 Å². The molecule has 0 aromatic rings. The Morgan fingerprint density at radius 2 is 1.88 bits per heavy atom. The Kier molecular flexibility index (Phi) is 3.69. The minimum atomic E-state index is -0.770. The number of carbonyl (C=O) groups excluding carboxylic acids is 1. The third-order valence-electron chi connectivity index (χ3n) is 4.22. The van der Waals surface area contributed by atoms with Crippen molar-refractivity contribution < 1.29 is 14.7 Å². The van der Waals surface area contributed by atoms with Crippen LogP contribution in [0.15, 0.2) is 0 Å². The van der Waals surface area contributed by atoms with Crippen molar-refractivity contribution in [2.75, 3.05) is 13.1 Å². The zero-order valence-electron chi connectivity index (χ0n) is 10.4. The van der Waals surface area contributed by atoms with Gasteiger partial charge in [0, 0.05) is 19.5 Å². The molecular weight excluding hydrogens is 218 g/mol. The van der Waals surface area contributed by atoms with Gasteiger partial charge in [0.2, 0.25) is 5.91 Å². The SMILES string of the molecule is CC1CN(C(=O)CC2CCCC2)CC1C(=O)O. The standard InChI is InChI=1S/C13H21NO3/c1-9-7-14(8-11(9)13(16)17)12(15)6-10-4-2-3-5-10/h9-11H,2-8H2,1H3,(H,16,17). The van der Waals surface area contributed by atoms with Crippen molar-refractivity contribution in [2.24, 2.45) is 17.8 Å². The predicted molar refractivity (Wildman–Crippen MR) is 63.4 cm³/mol. The summed E-state index contributed by atoms with van der Waals surface area (Å²) in [6.45, 7) is 2.94. The summed E-state index contributed by atoms with van der Waals surface area (Å²) in [6, 6.07) is 0. The molecule has 0 bridgehead atoms. The monoisotopic (exact) mass is 239 g/mol. The molecular formula is C13H21NO3. The van der Waals surface area contributed by atoms with Gasteiger partial charge in [0.05, 0.1) is 5.92 Å². The molecule has 0 aromatic carbocycles. The van der Waals surface area contributed by atoms with E-state index in [1.54, 1.807) is 4.90 Å². The van der Waals surface area contributed by atoms with Crippen LogP contribution in [0.3, 0.4) is 0 Å². The number of amides is 1. The Bertz CT molecular complexity index is 310. The van der Waals surface area contributed by atoms with Gasteiger partial charge in [-0.05, 0) is 24.7 Å². The zero-order chi connectivity index (χ0) is 12.4. The lowest BCUT2D eigenvalue weighted by Crippen LogP contribution is -2.31. The largest absolute Gasteiger partial charge is 0.481 e. The third-order valence-corrected chi connectivity index (χ3v) is 4.22. The van der Waals surface area contributed by atoms with Gasteiger partial charge >= 0.3 is 5.97 Å². The van der Waals surface area contributed by atoms with Gasteiger partial charge in [-0.15, -0.1) is 0 Å². The van der Waals surface area contributed by atoms with Crippen LogP contribution in [-0.2, 0) is 9.59 Å². The maximum atomic E-state index is 12.0. The lowest BCUT2D eigenvalue weighted by molar-refractivity contribution is -0.142. The van der Waals surface area contributed by atoms with Crippen molar-refractivity contribution >= 4 is 11.9 Å². The molecule has 2 aliphatic rings. The highest BCUT2D eigenvalue weighted by molar-refractivity contribution is 5.79. The molecule has 0 spiro atoms. The number of aliphatic carboxylic acids is 1. The van der Waals surface area contributed by atoms with Gasteiger partial charge < -0.3 is 10.0 Å². The molecule has 0 radical (unpaired) electrons. The maximum absolute atomic E-state index is 12.0. The molecule has 1 aliphatic heterocycles. The first-order chi connectivity index (χ1) is 8.08. The molecule has 0 aromatic heterocycles. The first kappa shape index (κ1) is 12.4. The molecule has 96 valence electrons. The van der Waals surface area contributed by atoms with Gasteiger partial charge in [-0.2, -0.15) is 0 Å². The molecule has 1 N–H and O–H groups in total. The van der Waals surface area contributed by atoms with E-state index in [1.807, 2.05) is 6.92 Å². The molecule has 1 amide bonds. The van der Waals surface area contributed by atoms with Gasteiger partial charge in [-0.3, -0.25) is 9.59 Å². The quantitative estimate of drug-likeness (QED) is 0.816. The number of nitrogens with zero attached hydrogens (tertiary/aromatic N) is 1. The fourth-order valence-electron chi connectivity index (χ4n) is 3.08. The Labute approximate surface area is 102 Å². The maximum Gasteiger partial charge on any atom is 0.308 e. The van der Waals surface area contributed by atoms with E-state index in [-0.39, 0.29) is 17.7 Å². The molecule has 1 saturated heterocycles. The predicted octanol–water partition coefficient (Wildman–Crippen LogP) is 1.75. The summed E-state index contributed by atoms with van der Waals surface area (Å²) in [5.74, 6) is -0.356. The first-order valence-electron chi connectivity index (χ1n) is 6.58. The fourth-order valence-corrected chi connectivity index (χ4v) is 3.08. The highest BCUT2D eigenvalue weighted by Gasteiger charge is 2.37. The second kappa shape index (κ2) is 5.07. The number of carbonyl (C=O) groups is 2. The summed E-state index contributed by atoms with van der Waals surface area (Å²) in [6.07, 6.45) is 5.44. The molecule has 4 nitrogen and oxygen atoms in total. The van der Waals surface area contributed by atoms with E-state index in [9.17, 15) is 9.59 Å². The van der Waals surface area contributed by atoms with E-state index in [4.69, 9.17) is 5.11 Å². The average molecular weight is 239 g/mol. The number of carboxylic acids is 1. The van der Waals surface area contributed by atoms with Gasteiger partial charge in [0.15, 0.2) is 0 Å². The lowest BCUT2D eigenvalue weighted by Gasteiger charge is -2.18. The van der Waals surface area contributed by atoms with E-state index >= 15 is 0 Å². The molecule has 1 heterocycles. The van der Waals surface area contributed by atoms with Gasteiger partial charge in [-0.1, -0.05) is 19.8 Å². The fraction of sp³-hybridized carbons (Fsp3) is 0.846. The molecule has 1 aliphatic carbocycles. The minimum absolute atomic E-state index is 0.0834. The van der Waals surface area contributed by atoms with Crippen LogP contribution in [0.4, 0.5) is 0 Å². The smallest absolute Gasteiger partial charge is 0.308 e. The summed E-state index contributed by atoms with van der Waals surface area (Å²) in [5.41, 5.74) is 0. The second-order valence-electron chi connectivity index (χ2n) is 5.58. The topological polar surface area (TPSA) is 57.6 Å². The number of hydrogen-bond acceptors (Lipinski definition) is 2. The molecule has 17 heavy (non-hydrogen) atoms. The molecule has 2 unspecified atom stereocenters. The highest BCUT2D eigenvalue weighted by atomic mass is 16.4. The lowest BCUT2D eigenvalue weighted by atomic mass is 9.99. The molecule has 2 fully saturated rings. The minimum Gasteiger partial charge on any atom is -0.481 e. The van der Waals surface area contributed by atoms with Crippen LogP contribution in [0.1, 0.15) is 39.0 Å². The summed E-state index contributed by atoms with van der Waals surface area (Å²) >= 11 is 0. The molecule has 4 heteroatoms. The number of hydrogen-bond donors (Lipinski definition) is 1. The van der Waals surface area contributed by atoms with Crippen molar-refractivity contribution in [2.45, 2.75) is 39.0 Å². The van der Waals surface area contributed by atoms with Crippen molar-refractivity contribution in [3.05, 3.63) is 0 Å². The van der Waals surface area contributed by atoms with E-state index in [1.165, 1.54) is 12.8 Å². The summed E-state index contributed by atoms with van der Waals surface area (Å²) in [7, 11) is 0. The normalized spacial score (nSPS) is 29.8. The van der Waals surface area contributed by atoms with Crippen LogP contribution in [0, 0.1) is 17.8 Å². The molecule has 2 atom stereocenters. The van der Waals surface area contributed by atoms with Crippen LogP contribution in [0.5, 0.6) is 0 Å². The molecule has 1 saturated carbocycles. The number of likely N-dealkylation sites (tertiary alicyclic amines) is 1. The Morgan fingerprint density at radius 1 is 1.24 bits per heavy atom. The van der Waals surface area contributed by atoms with Gasteiger partial charge in [-0.25, -0.2) is 0 Å². The van der Waals surface area contributed by atoms with E-state index in [2.05, 4.69) is 0 Å². The summed E-state index contributed by atoms with van der Waals surface area (Å²) in [5, 5.41) is 9.03. The van der Waals surface area contributed by atoms with Crippen LogP contribution < -0.4 is 0 Å². The summed E-state index contributed by atoms with van der Waals surface area (Å²) in [4.78, 5) is 24.8. The van der Waals surface area contributed by atoms with Crippen molar-refractivity contribution in [3.8, 4) is 0 Å². The third kappa shape index (κ3) is 2.79.